The Balaban J connectivity index is 2.52. The highest BCUT2D eigenvalue weighted by atomic mass is 16.6. The summed E-state index contributed by atoms with van der Waals surface area (Å²) in [5, 5.41) is 14.8. The molecule has 2 aromatic rings. The van der Waals surface area contributed by atoms with Gasteiger partial charge in [-0.3, -0.25) is 10.1 Å². The van der Waals surface area contributed by atoms with Gasteiger partial charge >= 0.3 is 5.97 Å². The zero-order valence-corrected chi connectivity index (χ0v) is 10.2. The van der Waals surface area contributed by atoms with Crippen molar-refractivity contribution in [2.75, 3.05) is 7.11 Å². The fraction of sp³-hybridized carbons (Fsp3) is 0.182. The van der Waals surface area contributed by atoms with Crippen LogP contribution in [-0.2, 0) is 4.74 Å². The van der Waals surface area contributed by atoms with E-state index >= 15 is 0 Å². The Kier molecular flexibility index (Phi) is 3.23. The Morgan fingerprint density at radius 2 is 2.21 bits per heavy atom. The maximum atomic E-state index is 11.2. The summed E-state index contributed by atoms with van der Waals surface area (Å²) in [5.41, 5.74) is 0.954. The number of nitrogens with zero attached hydrogens (tertiary/aromatic N) is 4. The van der Waals surface area contributed by atoms with Gasteiger partial charge in [-0.25, -0.2) is 14.5 Å². The third-order valence-electron chi connectivity index (χ3n) is 2.43. The van der Waals surface area contributed by atoms with Crippen LogP contribution in [-0.4, -0.2) is 32.8 Å². The van der Waals surface area contributed by atoms with Crippen LogP contribution in [0.4, 0.5) is 5.69 Å². The van der Waals surface area contributed by atoms with Crippen LogP contribution in [0.2, 0.25) is 0 Å². The largest absolute Gasteiger partial charge is 0.463 e. The number of esters is 1. The number of rotatable bonds is 3. The second-order valence-electron chi connectivity index (χ2n) is 3.75. The summed E-state index contributed by atoms with van der Waals surface area (Å²) in [4.78, 5) is 25.4. The molecule has 0 fully saturated rings. The molecule has 0 saturated heterocycles. The first-order valence-electron chi connectivity index (χ1n) is 5.28. The molecule has 1 aromatic heterocycles. The van der Waals surface area contributed by atoms with Crippen molar-refractivity contribution in [3.05, 3.63) is 46.0 Å². The van der Waals surface area contributed by atoms with Crippen molar-refractivity contribution >= 4 is 11.7 Å². The Hall–Kier alpha value is -2.77. The Labute approximate surface area is 107 Å². The fourth-order valence-corrected chi connectivity index (χ4v) is 1.54. The van der Waals surface area contributed by atoms with Crippen molar-refractivity contribution in [2.24, 2.45) is 0 Å². The number of aromatic nitrogens is 3. The number of methoxy groups -OCH3 is 1. The number of hydrogen-bond acceptors (Lipinski definition) is 6. The van der Waals surface area contributed by atoms with Gasteiger partial charge in [0.05, 0.1) is 12.0 Å². The molecule has 1 heterocycles. The molecule has 0 aliphatic rings. The standard InChI is InChI=1S/C11H10N4O4/c1-7-3-4-8(15(17)18)9(5-7)14-6-12-10(13-14)11(16)19-2/h3-6H,1-2H3. The van der Waals surface area contributed by atoms with Crippen molar-refractivity contribution in [3.8, 4) is 5.69 Å². The average Bonchev–Trinajstić information content (AvgIpc) is 2.86. The van der Waals surface area contributed by atoms with E-state index in [0.29, 0.717) is 0 Å². The van der Waals surface area contributed by atoms with Crippen molar-refractivity contribution in [2.45, 2.75) is 6.92 Å². The predicted octanol–water partition coefficient (Wildman–Crippen LogP) is 1.27. The topological polar surface area (TPSA) is 100 Å². The predicted molar refractivity (Wildman–Crippen MR) is 64.1 cm³/mol. The number of nitro benzene ring substituents is 1. The number of aryl methyl sites for hydroxylation is 1. The SMILES string of the molecule is COC(=O)c1ncn(-c2cc(C)ccc2[N+](=O)[O-])n1. The highest BCUT2D eigenvalue weighted by molar-refractivity contribution is 5.84. The molecule has 0 radical (unpaired) electrons. The first-order valence-corrected chi connectivity index (χ1v) is 5.28. The number of carbonyl (C=O) groups excluding carboxylic acids is 1. The monoisotopic (exact) mass is 262 g/mol. The molecule has 0 saturated carbocycles. The lowest BCUT2D eigenvalue weighted by Gasteiger charge is -2.03. The zero-order chi connectivity index (χ0) is 14.0. The van der Waals surface area contributed by atoms with Crippen LogP contribution < -0.4 is 0 Å². The third kappa shape index (κ3) is 2.41. The lowest BCUT2D eigenvalue weighted by Crippen LogP contribution is -2.06. The minimum atomic E-state index is -0.700. The molecule has 0 N–H and O–H groups in total. The van der Waals surface area contributed by atoms with E-state index in [0.717, 1.165) is 5.56 Å². The van der Waals surface area contributed by atoms with Crippen LogP contribution in [0.15, 0.2) is 24.5 Å². The number of nitro groups is 1. The number of benzene rings is 1. The number of hydrogen-bond donors (Lipinski definition) is 0. The fourth-order valence-electron chi connectivity index (χ4n) is 1.54. The zero-order valence-electron chi connectivity index (χ0n) is 10.2. The molecule has 8 nitrogen and oxygen atoms in total. The molecule has 98 valence electrons. The Morgan fingerprint density at radius 3 is 2.84 bits per heavy atom. The molecular weight excluding hydrogens is 252 g/mol. The quantitative estimate of drug-likeness (QED) is 0.469. The third-order valence-corrected chi connectivity index (χ3v) is 2.43. The highest BCUT2D eigenvalue weighted by Gasteiger charge is 2.18. The van der Waals surface area contributed by atoms with Crippen LogP contribution in [0.3, 0.4) is 0 Å². The van der Waals surface area contributed by atoms with Crippen LogP contribution in [0.1, 0.15) is 16.2 Å². The van der Waals surface area contributed by atoms with E-state index in [-0.39, 0.29) is 17.2 Å². The Bertz CT molecular complexity index is 650. The van der Waals surface area contributed by atoms with Crippen LogP contribution in [0.5, 0.6) is 0 Å². The minimum absolute atomic E-state index is 0.119. The Morgan fingerprint density at radius 1 is 1.47 bits per heavy atom. The van der Waals surface area contributed by atoms with Crippen molar-refractivity contribution in [1.29, 1.82) is 0 Å². The van der Waals surface area contributed by atoms with E-state index in [2.05, 4.69) is 14.8 Å². The van der Waals surface area contributed by atoms with Gasteiger partial charge in [-0.15, -0.1) is 5.10 Å². The maximum absolute atomic E-state index is 11.2. The number of carbonyl (C=O) groups is 1. The number of ether oxygens (including phenoxy) is 1. The van der Waals surface area contributed by atoms with Gasteiger partial charge in [-0.05, 0) is 18.6 Å². The second-order valence-corrected chi connectivity index (χ2v) is 3.75. The normalized spacial score (nSPS) is 10.2. The molecule has 0 aliphatic carbocycles. The molecule has 0 amide bonds. The van der Waals surface area contributed by atoms with Gasteiger partial charge in [0.15, 0.2) is 0 Å². The maximum Gasteiger partial charge on any atom is 0.377 e. The molecule has 0 bridgehead atoms. The van der Waals surface area contributed by atoms with Gasteiger partial charge in [-0.1, -0.05) is 6.07 Å². The van der Waals surface area contributed by atoms with Crippen molar-refractivity contribution < 1.29 is 14.5 Å². The van der Waals surface area contributed by atoms with E-state index < -0.39 is 10.9 Å². The second kappa shape index (κ2) is 4.84. The van der Waals surface area contributed by atoms with E-state index in [4.69, 9.17) is 0 Å². The summed E-state index contributed by atoms with van der Waals surface area (Å²) in [7, 11) is 1.21. The first-order chi connectivity index (χ1) is 9.02. The van der Waals surface area contributed by atoms with Crippen molar-refractivity contribution in [3.63, 3.8) is 0 Å². The molecule has 0 unspecified atom stereocenters. The molecule has 8 heteroatoms. The van der Waals surface area contributed by atoms with Gasteiger partial charge in [0.25, 0.3) is 11.5 Å². The van der Waals surface area contributed by atoms with Crippen LogP contribution >= 0.6 is 0 Å². The summed E-state index contributed by atoms with van der Waals surface area (Å²) >= 11 is 0. The van der Waals surface area contributed by atoms with E-state index in [1.165, 1.54) is 24.2 Å². The summed E-state index contributed by atoms with van der Waals surface area (Å²) in [6.45, 7) is 1.80. The smallest absolute Gasteiger partial charge is 0.377 e. The summed E-state index contributed by atoms with van der Waals surface area (Å²) < 4.78 is 5.65. The van der Waals surface area contributed by atoms with Crippen molar-refractivity contribution in [1.82, 2.24) is 14.8 Å². The van der Waals surface area contributed by atoms with Gasteiger partial charge in [0, 0.05) is 6.07 Å². The lowest BCUT2D eigenvalue weighted by molar-refractivity contribution is -0.384. The average molecular weight is 262 g/mol. The summed E-state index contributed by atoms with van der Waals surface area (Å²) in [6, 6.07) is 4.60. The van der Waals surface area contributed by atoms with Gasteiger partial charge in [-0.2, -0.15) is 0 Å². The molecule has 2 rings (SSSR count). The highest BCUT2D eigenvalue weighted by Crippen LogP contribution is 2.23. The first kappa shape index (κ1) is 12.7. The van der Waals surface area contributed by atoms with Gasteiger partial charge in [0.2, 0.25) is 0 Å². The van der Waals surface area contributed by atoms with Crippen LogP contribution in [0.25, 0.3) is 5.69 Å². The van der Waals surface area contributed by atoms with Crippen LogP contribution in [0, 0.1) is 17.0 Å². The molecular formula is C11H10N4O4. The van der Waals surface area contributed by atoms with Gasteiger partial charge in [0.1, 0.15) is 12.0 Å². The summed E-state index contributed by atoms with van der Waals surface area (Å²) in [5.74, 6) is -0.854. The van der Waals surface area contributed by atoms with Gasteiger partial charge < -0.3 is 4.74 Å². The van der Waals surface area contributed by atoms with E-state index in [1.54, 1.807) is 19.1 Å². The molecule has 0 atom stereocenters. The summed E-state index contributed by atoms with van der Waals surface area (Å²) in [6.07, 6.45) is 1.23. The molecule has 0 aliphatic heterocycles. The molecule has 0 spiro atoms. The minimum Gasteiger partial charge on any atom is -0.463 e. The molecule has 1 aromatic carbocycles. The van der Waals surface area contributed by atoms with E-state index in [1.807, 2.05) is 0 Å². The molecule has 19 heavy (non-hydrogen) atoms. The lowest BCUT2D eigenvalue weighted by atomic mass is 10.2. The van der Waals surface area contributed by atoms with E-state index in [9.17, 15) is 14.9 Å².